The quantitative estimate of drug-likeness (QED) is 0.459. The Bertz CT molecular complexity index is 1230. The van der Waals surface area contributed by atoms with Gasteiger partial charge in [-0.05, 0) is 34.6 Å². The molecule has 2 aliphatic rings. The fourth-order valence-corrected chi connectivity index (χ4v) is 4.51. The van der Waals surface area contributed by atoms with E-state index in [1.807, 2.05) is 24.3 Å². The highest BCUT2D eigenvalue weighted by atomic mass is 16.5. The van der Waals surface area contributed by atoms with Crippen molar-refractivity contribution in [3.63, 3.8) is 0 Å². The van der Waals surface area contributed by atoms with E-state index in [-0.39, 0.29) is 42.4 Å². The van der Waals surface area contributed by atoms with E-state index in [2.05, 4.69) is 44.9 Å². The summed E-state index contributed by atoms with van der Waals surface area (Å²) >= 11 is 0. The maximum absolute atomic E-state index is 12.3. The molecule has 3 N–H and O–H groups in total. The molecule has 2 aromatic carbocycles. The van der Waals surface area contributed by atoms with Crippen LogP contribution in [0.15, 0.2) is 60.9 Å². The average Bonchev–Trinajstić information content (AvgIpc) is 3.60. The lowest BCUT2D eigenvalue weighted by Crippen LogP contribution is -2.30. The Hall–Kier alpha value is -4.27. The van der Waals surface area contributed by atoms with Gasteiger partial charge in [0.15, 0.2) is 0 Å². The molecule has 0 spiro atoms. The van der Waals surface area contributed by atoms with E-state index < -0.39 is 12.1 Å². The molecule has 0 aliphatic heterocycles. The fourth-order valence-electron chi connectivity index (χ4n) is 4.51. The Labute approximate surface area is 201 Å². The first-order valence-corrected chi connectivity index (χ1v) is 11.4. The first kappa shape index (κ1) is 22.5. The number of alkyl carbamates (subject to hydrolysis) is 1. The van der Waals surface area contributed by atoms with Crippen molar-refractivity contribution in [3.8, 4) is 11.1 Å². The van der Waals surface area contributed by atoms with E-state index in [4.69, 9.17) is 9.84 Å². The van der Waals surface area contributed by atoms with Crippen LogP contribution in [-0.2, 0) is 16.1 Å². The van der Waals surface area contributed by atoms with Gasteiger partial charge in [0.25, 0.3) is 0 Å². The second-order valence-electron chi connectivity index (χ2n) is 8.72. The van der Waals surface area contributed by atoms with Crippen LogP contribution < -0.4 is 10.6 Å². The lowest BCUT2D eigenvalue weighted by atomic mass is 9.98. The van der Waals surface area contributed by atoms with Gasteiger partial charge in [-0.3, -0.25) is 4.79 Å². The van der Waals surface area contributed by atoms with E-state index in [0.717, 1.165) is 11.1 Å². The smallest absolute Gasteiger partial charge is 0.407 e. The predicted molar refractivity (Wildman–Crippen MR) is 126 cm³/mol. The van der Waals surface area contributed by atoms with E-state index in [9.17, 15) is 14.4 Å². The monoisotopic (exact) mass is 472 g/mol. The van der Waals surface area contributed by atoms with Crippen LogP contribution in [0.1, 0.15) is 39.6 Å². The summed E-state index contributed by atoms with van der Waals surface area (Å²) in [6.45, 7) is 0.718. The Kier molecular flexibility index (Phi) is 6.13. The van der Waals surface area contributed by atoms with Crippen molar-refractivity contribution in [1.82, 2.24) is 20.6 Å². The topological polar surface area (TPSA) is 131 Å². The molecule has 1 aromatic heterocycles. The zero-order chi connectivity index (χ0) is 24.4. The molecular weight excluding hydrogens is 448 g/mol. The number of carboxylic acids is 1. The highest BCUT2D eigenvalue weighted by molar-refractivity contribution is 5.86. The number of ether oxygens (including phenoxy) is 1. The Balaban J connectivity index is 1.06. The van der Waals surface area contributed by atoms with Crippen LogP contribution in [0.3, 0.4) is 0 Å². The van der Waals surface area contributed by atoms with Crippen LogP contribution in [0, 0.1) is 11.8 Å². The molecule has 0 radical (unpaired) electrons. The molecule has 0 bridgehead atoms. The number of hydrogen-bond acceptors (Lipinski definition) is 6. The number of benzene rings is 2. The first-order valence-electron chi connectivity index (χ1n) is 11.4. The summed E-state index contributed by atoms with van der Waals surface area (Å²) in [5.74, 6) is -1.06. The second kappa shape index (κ2) is 9.54. The van der Waals surface area contributed by atoms with Gasteiger partial charge in [-0.25, -0.2) is 19.6 Å². The number of carbonyl (C=O) groups is 3. The van der Waals surface area contributed by atoms with Gasteiger partial charge >= 0.3 is 12.1 Å². The third-order valence-corrected chi connectivity index (χ3v) is 6.48. The summed E-state index contributed by atoms with van der Waals surface area (Å²) in [5, 5.41) is 14.4. The molecule has 2 atom stereocenters. The summed E-state index contributed by atoms with van der Waals surface area (Å²) in [5.41, 5.74) is 4.64. The standard InChI is InChI=1S/C26H24N4O5/c31-24(29-13-23-27-11-16(12-28-23)25(32)33)21-9-15(21)10-30-26(34)35-14-22-19-7-3-1-5-17(19)18-6-2-4-8-20(18)22/h1-8,11-12,15,21-22H,9-10,13-14H2,(H,29,31)(H,30,34)(H,32,33)/t15-,21-/m1/s1. The molecule has 35 heavy (non-hydrogen) atoms. The van der Waals surface area contributed by atoms with Crippen molar-refractivity contribution < 1.29 is 24.2 Å². The minimum Gasteiger partial charge on any atom is -0.478 e. The van der Waals surface area contributed by atoms with Crippen molar-refractivity contribution in [1.29, 1.82) is 0 Å². The number of carbonyl (C=O) groups excluding carboxylic acids is 2. The summed E-state index contributed by atoms with van der Waals surface area (Å²) in [4.78, 5) is 43.4. The van der Waals surface area contributed by atoms with Crippen LogP contribution in [0.4, 0.5) is 4.79 Å². The predicted octanol–water partition coefficient (Wildman–Crippen LogP) is 2.97. The number of fused-ring (bicyclic) bond motifs is 3. The van der Waals surface area contributed by atoms with E-state index in [0.29, 0.717) is 18.8 Å². The molecule has 0 unspecified atom stereocenters. The van der Waals surface area contributed by atoms with Crippen molar-refractivity contribution >= 4 is 18.0 Å². The summed E-state index contributed by atoms with van der Waals surface area (Å²) in [6.07, 6.45) is 2.59. The minimum absolute atomic E-state index is 0.000570. The Morgan fingerprint density at radius 2 is 1.57 bits per heavy atom. The molecule has 5 rings (SSSR count). The highest BCUT2D eigenvalue weighted by Crippen LogP contribution is 2.44. The molecule has 3 aromatic rings. The molecule has 1 saturated carbocycles. The zero-order valence-corrected chi connectivity index (χ0v) is 18.8. The molecule has 2 aliphatic carbocycles. The minimum atomic E-state index is -1.11. The number of hydrogen-bond donors (Lipinski definition) is 3. The SMILES string of the molecule is O=C(NC[C@H]1C[C@H]1C(=O)NCc1ncc(C(=O)O)cn1)OCC1c2ccccc2-c2ccccc21. The third kappa shape index (κ3) is 4.84. The van der Waals surface area contributed by atoms with Crippen molar-refractivity contribution in [3.05, 3.63) is 83.4 Å². The van der Waals surface area contributed by atoms with E-state index >= 15 is 0 Å². The van der Waals surface area contributed by atoms with Gasteiger partial charge in [-0.1, -0.05) is 48.5 Å². The van der Waals surface area contributed by atoms with E-state index in [1.165, 1.54) is 23.5 Å². The van der Waals surface area contributed by atoms with Crippen LogP contribution >= 0.6 is 0 Å². The number of nitrogens with zero attached hydrogens (tertiary/aromatic N) is 2. The normalized spacial score (nSPS) is 17.7. The lowest BCUT2D eigenvalue weighted by Gasteiger charge is -2.14. The largest absolute Gasteiger partial charge is 0.478 e. The number of amides is 2. The number of rotatable bonds is 8. The zero-order valence-electron chi connectivity index (χ0n) is 18.8. The molecule has 178 valence electrons. The highest BCUT2D eigenvalue weighted by Gasteiger charge is 2.43. The second-order valence-corrected chi connectivity index (χ2v) is 8.72. The van der Waals surface area contributed by atoms with Crippen LogP contribution in [0.25, 0.3) is 11.1 Å². The third-order valence-electron chi connectivity index (χ3n) is 6.48. The number of carboxylic acid groups (broad SMARTS) is 1. The molecule has 0 saturated heterocycles. The number of nitrogens with one attached hydrogen (secondary N) is 2. The lowest BCUT2D eigenvalue weighted by molar-refractivity contribution is -0.122. The average molecular weight is 473 g/mol. The van der Waals surface area contributed by atoms with Gasteiger partial charge in [0, 0.05) is 30.8 Å². The molecule has 9 heteroatoms. The number of aromatic carboxylic acids is 1. The van der Waals surface area contributed by atoms with Crippen LogP contribution in [0.2, 0.25) is 0 Å². The van der Waals surface area contributed by atoms with Crippen LogP contribution in [-0.4, -0.2) is 46.2 Å². The van der Waals surface area contributed by atoms with Crippen LogP contribution in [0.5, 0.6) is 0 Å². The summed E-state index contributed by atoms with van der Waals surface area (Å²) < 4.78 is 5.54. The Morgan fingerprint density at radius 1 is 0.943 bits per heavy atom. The van der Waals surface area contributed by atoms with Crippen molar-refractivity contribution in [2.24, 2.45) is 11.8 Å². The van der Waals surface area contributed by atoms with Gasteiger partial charge in [0.05, 0.1) is 12.1 Å². The summed E-state index contributed by atoms with van der Waals surface area (Å²) in [7, 11) is 0. The first-order chi connectivity index (χ1) is 17.0. The molecular formula is C26H24N4O5. The maximum Gasteiger partial charge on any atom is 0.407 e. The van der Waals surface area contributed by atoms with Gasteiger partial charge in [0.1, 0.15) is 12.4 Å². The van der Waals surface area contributed by atoms with Gasteiger partial charge in [0.2, 0.25) is 5.91 Å². The Morgan fingerprint density at radius 3 is 2.20 bits per heavy atom. The van der Waals surface area contributed by atoms with Gasteiger partial charge in [-0.2, -0.15) is 0 Å². The van der Waals surface area contributed by atoms with E-state index in [1.54, 1.807) is 0 Å². The van der Waals surface area contributed by atoms with Gasteiger partial charge in [-0.15, -0.1) is 0 Å². The molecule has 2 amide bonds. The maximum atomic E-state index is 12.3. The summed E-state index contributed by atoms with van der Waals surface area (Å²) in [6, 6.07) is 16.3. The number of aromatic nitrogens is 2. The van der Waals surface area contributed by atoms with Crippen molar-refractivity contribution in [2.75, 3.05) is 13.2 Å². The molecule has 1 fully saturated rings. The molecule has 1 heterocycles. The van der Waals surface area contributed by atoms with Gasteiger partial charge < -0.3 is 20.5 Å². The van der Waals surface area contributed by atoms with Crippen molar-refractivity contribution in [2.45, 2.75) is 18.9 Å². The molecule has 9 nitrogen and oxygen atoms in total. The fraction of sp³-hybridized carbons (Fsp3) is 0.269.